The van der Waals surface area contributed by atoms with Crippen LogP contribution in [0, 0.1) is 5.41 Å². The summed E-state index contributed by atoms with van der Waals surface area (Å²) in [7, 11) is 1.77. The van der Waals surface area contributed by atoms with Crippen LogP contribution in [0.3, 0.4) is 0 Å². The molecule has 1 heterocycles. The van der Waals surface area contributed by atoms with E-state index in [0.717, 1.165) is 50.0 Å². The van der Waals surface area contributed by atoms with E-state index in [2.05, 4.69) is 25.8 Å². The van der Waals surface area contributed by atoms with Crippen molar-refractivity contribution in [2.24, 2.45) is 5.41 Å². The number of hydrogen-bond donors (Lipinski definition) is 1. The summed E-state index contributed by atoms with van der Waals surface area (Å²) in [5, 5.41) is 0. The van der Waals surface area contributed by atoms with Gasteiger partial charge in [0.1, 0.15) is 11.4 Å². The van der Waals surface area contributed by atoms with Crippen LogP contribution >= 0.6 is 0 Å². The lowest BCUT2D eigenvalue weighted by atomic mass is 9.70. The molecule has 0 amide bonds. The number of ether oxygens (including phenoxy) is 1. The van der Waals surface area contributed by atoms with E-state index < -0.39 is 0 Å². The maximum absolute atomic E-state index is 5.96. The molecule has 1 fully saturated rings. The first-order valence-electron chi connectivity index (χ1n) is 7.60. The largest absolute Gasteiger partial charge is 0.384 e. The van der Waals surface area contributed by atoms with E-state index in [1.54, 1.807) is 7.11 Å². The molecule has 1 aliphatic carbocycles. The van der Waals surface area contributed by atoms with Crippen LogP contribution < -0.4 is 5.73 Å². The zero-order valence-corrected chi connectivity index (χ0v) is 13.2. The molecule has 2 N–H and O–H groups in total. The first-order chi connectivity index (χ1) is 9.41. The van der Waals surface area contributed by atoms with Gasteiger partial charge in [0.25, 0.3) is 0 Å². The van der Waals surface area contributed by atoms with Gasteiger partial charge in [-0.3, -0.25) is 0 Å². The van der Waals surface area contributed by atoms with E-state index in [9.17, 15) is 0 Å². The van der Waals surface area contributed by atoms with Crippen molar-refractivity contribution in [2.45, 2.75) is 64.9 Å². The Morgan fingerprint density at radius 1 is 1.20 bits per heavy atom. The van der Waals surface area contributed by atoms with Crippen LogP contribution in [0.2, 0.25) is 0 Å². The van der Waals surface area contributed by atoms with Crippen molar-refractivity contribution in [2.75, 3.05) is 12.8 Å². The lowest BCUT2D eigenvalue weighted by Gasteiger charge is -2.41. The summed E-state index contributed by atoms with van der Waals surface area (Å²) >= 11 is 0. The van der Waals surface area contributed by atoms with Crippen molar-refractivity contribution in [3.63, 3.8) is 0 Å². The molecule has 1 aromatic heterocycles. The molecule has 0 aromatic carbocycles. The third-order valence-corrected chi connectivity index (χ3v) is 4.51. The van der Waals surface area contributed by atoms with Gasteiger partial charge in [0.05, 0.1) is 0 Å². The van der Waals surface area contributed by atoms with E-state index in [0.29, 0.717) is 11.2 Å². The van der Waals surface area contributed by atoms with Crippen molar-refractivity contribution in [1.82, 2.24) is 9.97 Å². The summed E-state index contributed by atoms with van der Waals surface area (Å²) < 4.78 is 5.87. The highest BCUT2D eigenvalue weighted by atomic mass is 16.5. The van der Waals surface area contributed by atoms with Gasteiger partial charge in [0.15, 0.2) is 5.82 Å². The number of methoxy groups -OCH3 is 1. The van der Waals surface area contributed by atoms with Crippen molar-refractivity contribution >= 4 is 5.82 Å². The van der Waals surface area contributed by atoms with Crippen LogP contribution in [-0.2, 0) is 16.8 Å². The Bertz CT molecular complexity index is 461. The second-order valence-corrected chi connectivity index (χ2v) is 6.72. The molecule has 0 spiro atoms. The molecule has 0 unspecified atom stereocenters. The fourth-order valence-electron chi connectivity index (χ4n) is 2.96. The molecule has 1 aromatic rings. The number of anilines is 1. The zero-order chi connectivity index (χ0) is 14.8. The van der Waals surface area contributed by atoms with Gasteiger partial charge >= 0.3 is 0 Å². The molecular formula is C16H27N3O. The highest BCUT2D eigenvalue weighted by Crippen LogP contribution is 2.46. The van der Waals surface area contributed by atoms with Gasteiger partial charge < -0.3 is 10.5 Å². The van der Waals surface area contributed by atoms with Crippen LogP contribution in [0.15, 0.2) is 6.07 Å². The van der Waals surface area contributed by atoms with Gasteiger partial charge in [-0.15, -0.1) is 0 Å². The molecule has 0 saturated heterocycles. The summed E-state index contributed by atoms with van der Waals surface area (Å²) in [6.07, 6.45) is 6.18. The minimum atomic E-state index is -0.354. The van der Waals surface area contributed by atoms with Crippen LogP contribution in [0.5, 0.6) is 0 Å². The van der Waals surface area contributed by atoms with Gasteiger partial charge in [-0.1, -0.05) is 27.2 Å². The molecule has 0 radical (unpaired) electrons. The number of nitrogens with zero attached hydrogens (tertiary/aromatic N) is 2. The average molecular weight is 277 g/mol. The van der Waals surface area contributed by atoms with Crippen LogP contribution in [0.25, 0.3) is 0 Å². The number of hydrogen-bond acceptors (Lipinski definition) is 4. The Kier molecular flexibility index (Phi) is 4.33. The molecule has 0 aliphatic heterocycles. The number of nitrogen functional groups attached to an aromatic ring is 1. The van der Waals surface area contributed by atoms with E-state index in [1.807, 2.05) is 6.07 Å². The highest BCUT2D eigenvalue weighted by Gasteiger charge is 2.42. The topological polar surface area (TPSA) is 61.0 Å². The number of aromatic nitrogens is 2. The Balaban J connectivity index is 2.32. The van der Waals surface area contributed by atoms with Crippen LogP contribution in [-0.4, -0.2) is 17.1 Å². The van der Waals surface area contributed by atoms with Crippen molar-refractivity contribution < 1.29 is 4.74 Å². The summed E-state index contributed by atoms with van der Waals surface area (Å²) in [6, 6.07) is 1.88. The van der Waals surface area contributed by atoms with Crippen molar-refractivity contribution in [3.05, 3.63) is 17.6 Å². The monoisotopic (exact) mass is 277 g/mol. The average Bonchev–Trinajstić information content (AvgIpc) is 2.39. The van der Waals surface area contributed by atoms with Gasteiger partial charge in [0, 0.05) is 18.9 Å². The Morgan fingerprint density at radius 3 is 2.40 bits per heavy atom. The molecule has 112 valence electrons. The lowest BCUT2D eigenvalue weighted by molar-refractivity contribution is -0.0729. The molecular weight excluding hydrogens is 250 g/mol. The van der Waals surface area contributed by atoms with Crippen LogP contribution in [0.4, 0.5) is 5.82 Å². The van der Waals surface area contributed by atoms with Crippen LogP contribution in [0.1, 0.15) is 64.4 Å². The minimum Gasteiger partial charge on any atom is -0.384 e. The van der Waals surface area contributed by atoms with Crippen molar-refractivity contribution in [1.29, 1.82) is 0 Å². The van der Waals surface area contributed by atoms with E-state index >= 15 is 0 Å². The summed E-state index contributed by atoms with van der Waals surface area (Å²) in [5.41, 5.74) is 7.01. The second kappa shape index (κ2) is 5.68. The van der Waals surface area contributed by atoms with Gasteiger partial charge in [-0.25, -0.2) is 9.97 Å². The Hall–Kier alpha value is -1.16. The molecule has 4 nitrogen and oxygen atoms in total. The highest BCUT2D eigenvalue weighted by molar-refractivity contribution is 5.31. The fraction of sp³-hybridized carbons (Fsp3) is 0.750. The summed E-state index contributed by atoms with van der Waals surface area (Å²) in [6.45, 7) is 6.78. The molecule has 20 heavy (non-hydrogen) atoms. The van der Waals surface area contributed by atoms with E-state index in [-0.39, 0.29) is 5.60 Å². The summed E-state index contributed by atoms with van der Waals surface area (Å²) in [4.78, 5) is 9.19. The Morgan fingerprint density at radius 2 is 1.85 bits per heavy atom. The second-order valence-electron chi connectivity index (χ2n) is 6.72. The number of aryl methyl sites for hydroxylation is 1. The van der Waals surface area contributed by atoms with E-state index in [4.69, 9.17) is 15.5 Å². The first-order valence-corrected chi connectivity index (χ1v) is 7.60. The zero-order valence-electron chi connectivity index (χ0n) is 13.2. The van der Waals surface area contributed by atoms with Gasteiger partial charge in [0.2, 0.25) is 0 Å². The molecule has 0 atom stereocenters. The lowest BCUT2D eigenvalue weighted by Crippen LogP contribution is -2.38. The first kappa shape index (κ1) is 15.2. The summed E-state index contributed by atoms with van der Waals surface area (Å²) in [5.74, 6) is 1.33. The molecule has 0 bridgehead atoms. The normalized spacial score (nSPS) is 20.8. The fourth-order valence-corrected chi connectivity index (χ4v) is 2.96. The maximum Gasteiger partial charge on any atom is 0.162 e. The van der Waals surface area contributed by atoms with E-state index in [1.165, 1.54) is 0 Å². The van der Waals surface area contributed by atoms with Gasteiger partial charge in [-0.2, -0.15) is 0 Å². The molecule has 2 rings (SSSR count). The van der Waals surface area contributed by atoms with Gasteiger partial charge in [-0.05, 0) is 37.5 Å². The SMILES string of the molecule is CCCc1cc(N)nc(C2(OC)CCC(C)(C)CC2)n1. The molecule has 1 saturated carbocycles. The number of rotatable bonds is 4. The third kappa shape index (κ3) is 3.11. The van der Waals surface area contributed by atoms with Crippen molar-refractivity contribution in [3.8, 4) is 0 Å². The Labute approximate surface area is 122 Å². The standard InChI is InChI=1S/C16H27N3O/c1-5-6-12-11-13(17)19-14(18-12)16(20-4)9-7-15(2,3)8-10-16/h11H,5-10H2,1-4H3,(H2,17,18,19). The predicted octanol–water partition coefficient (Wildman–Crippen LogP) is 3.45. The minimum absolute atomic E-state index is 0.354. The molecule has 4 heteroatoms. The third-order valence-electron chi connectivity index (χ3n) is 4.51. The smallest absolute Gasteiger partial charge is 0.162 e. The maximum atomic E-state index is 5.96. The molecule has 1 aliphatic rings. The quantitative estimate of drug-likeness (QED) is 0.915. The predicted molar refractivity (Wildman–Crippen MR) is 81.4 cm³/mol. The number of nitrogens with two attached hydrogens (primary N) is 1.